The Morgan fingerprint density at radius 2 is 1.69 bits per heavy atom. The molecule has 3 aromatic rings. The maximum Gasteiger partial charge on any atom is 0.243 e. The molecule has 0 N–H and O–H groups in total. The SMILES string of the molecule is [C-]#[N+]c1c(N=Nc2ccc(N(CC)CCOCCOCCOCCOCCn3cc[n+](C)c3)cc2C)sc(C#N)c1C. The van der Waals surface area contributed by atoms with Crippen molar-refractivity contribution >= 4 is 33.4 Å². The summed E-state index contributed by atoms with van der Waals surface area (Å²) in [7, 11) is 2.00. The van der Waals surface area contributed by atoms with Crippen LogP contribution in [0.3, 0.4) is 0 Å². The van der Waals surface area contributed by atoms with E-state index in [-0.39, 0.29) is 0 Å². The Bertz CT molecular complexity index is 1370. The van der Waals surface area contributed by atoms with Gasteiger partial charge in [0.05, 0.1) is 77.0 Å². The van der Waals surface area contributed by atoms with Crippen molar-refractivity contribution < 1.29 is 23.5 Å². The number of nitrogens with zero attached hydrogens (tertiary/aromatic N) is 7. The highest BCUT2D eigenvalue weighted by Gasteiger charge is 2.15. The number of likely N-dealkylation sites (N-methyl/N-ethyl adjacent to an activating group) is 1. The van der Waals surface area contributed by atoms with E-state index in [0.29, 0.717) is 74.0 Å². The maximum absolute atomic E-state index is 9.24. The van der Waals surface area contributed by atoms with Gasteiger partial charge in [-0.25, -0.2) is 14.0 Å². The molecule has 0 unspecified atom stereocenters. The number of thiophene rings is 1. The predicted octanol–water partition coefficient (Wildman–Crippen LogP) is 5.42. The molecule has 12 heteroatoms. The van der Waals surface area contributed by atoms with Crippen molar-refractivity contribution in [2.24, 2.45) is 17.3 Å². The minimum absolute atomic E-state index is 0.390. The van der Waals surface area contributed by atoms with Crippen LogP contribution in [0, 0.1) is 31.8 Å². The fourth-order valence-electron chi connectivity index (χ4n) is 4.05. The Kier molecular flexibility index (Phi) is 14.1. The molecule has 0 fully saturated rings. The average Bonchev–Trinajstić information content (AvgIpc) is 3.55. The van der Waals surface area contributed by atoms with E-state index in [1.807, 2.05) is 49.4 Å². The number of ether oxygens (including phenoxy) is 4. The van der Waals surface area contributed by atoms with Crippen molar-refractivity contribution in [3.63, 3.8) is 0 Å². The zero-order chi connectivity index (χ0) is 30.2. The smallest absolute Gasteiger partial charge is 0.243 e. The minimum Gasteiger partial charge on any atom is -0.377 e. The van der Waals surface area contributed by atoms with E-state index < -0.39 is 0 Å². The molecular weight excluding hydrogens is 554 g/mol. The van der Waals surface area contributed by atoms with Gasteiger partial charge >= 0.3 is 0 Å². The molecule has 0 aliphatic heterocycles. The van der Waals surface area contributed by atoms with Crippen LogP contribution in [0.2, 0.25) is 0 Å². The molecule has 0 atom stereocenters. The first-order valence-corrected chi connectivity index (χ1v) is 14.8. The molecule has 11 nitrogen and oxygen atoms in total. The van der Waals surface area contributed by atoms with Gasteiger partial charge in [0.1, 0.15) is 30.0 Å². The topological polar surface area (TPSA) is 102 Å². The van der Waals surface area contributed by atoms with Gasteiger partial charge < -0.3 is 23.8 Å². The standard InChI is InChI=1S/C30H40N7O4S/c1-6-37(12-14-39-16-18-41-20-19-40-17-15-38-13-11-36-10-9-35(5)23-36)26-7-8-27(24(2)21-26)33-34-30-29(32-4)25(3)28(22-31)42-30/h7-10,21,23H,6,11-20H2,1-3,5H3/q+1. The van der Waals surface area contributed by atoms with Gasteiger partial charge in [0.15, 0.2) is 0 Å². The molecule has 0 amide bonds. The van der Waals surface area contributed by atoms with Gasteiger partial charge in [-0.1, -0.05) is 0 Å². The van der Waals surface area contributed by atoms with Gasteiger partial charge in [-0.05, 0) is 50.1 Å². The van der Waals surface area contributed by atoms with Crippen LogP contribution >= 0.6 is 11.3 Å². The summed E-state index contributed by atoms with van der Waals surface area (Å²) in [5.74, 6) is 0. The van der Waals surface area contributed by atoms with E-state index in [9.17, 15) is 5.26 Å². The van der Waals surface area contributed by atoms with Crippen LogP contribution in [-0.2, 0) is 32.5 Å². The van der Waals surface area contributed by atoms with Crippen molar-refractivity contribution in [3.8, 4) is 6.07 Å². The van der Waals surface area contributed by atoms with Crippen LogP contribution < -0.4 is 9.47 Å². The van der Waals surface area contributed by atoms with Gasteiger partial charge in [-0.15, -0.1) is 11.3 Å². The average molecular weight is 595 g/mol. The summed E-state index contributed by atoms with van der Waals surface area (Å²) in [4.78, 5) is 6.26. The minimum atomic E-state index is 0.390. The Morgan fingerprint density at radius 3 is 2.26 bits per heavy atom. The first-order valence-electron chi connectivity index (χ1n) is 14.0. The Morgan fingerprint density at radius 1 is 1.02 bits per heavy atom. The number of nitriles is 1. The van der Waals surface area contributed by atoms with E-state index >= 15 is 0 Å². The summed E-state index contributed by atoms with van der Waals surface area (Å²) in [5, 5.41) is 18.3. The lowest BCUT2D eigenvalue weighted by Crippen LogP contribution is -2.27. The maximum atomic E-state index is 9.24. The molecule has 3 rings (SSSR count). The lowest BCUT2D eigenvalue weighted by molar-refractivity contribution is -0.671. The Labute approximate surface area is 252 Å². The summed E-state index contributed by atoms with van der Waals surface area (Å²) in [6.07, 6.45) is 6.04. The second-order valence-electron chi connectivity index (χ2n) is 9.45. The van der Waals surface area contributed by atoms with E-state index in [1.54, 1.807) is 6.92 Å². The first kappa shape index (κ1) is 32.9. The van der Waals surface area contributed by atoms with E-state index in [2.05, 4.69) is 43.6 Å². The molecule has 0 bridgehead atoms. The van der Waals surface area contributed by atoms with Crippen LogP contribution in [0.15, 0.2) is 47.1 Å². The Hall–Kier alpha value is -3.65. The molecule has 0 spiro atoms. The van der Waals surface area contributed by atoms with Crippen molar-refractivity contribution in [1.82, 2.24) is 4.57 Å². The van der Waals surface area contributed by atoms with Crippen LogP contribution in [0.1, 0.15) is 22.9 Å². The zero-order valence-electron chi connectivity index (χ0n) is 24.9. The van der Waals surface area contributed by atoms with Crippen LogP contribution in [-0.4, -0.2) is 70.5 Å². The molecule has 42 heavy (non-hydrogen) atoms. The van der Waals surface area contributed by atoms with E-state index in [0.717, 1.165) is 36.6 Å². The monoisotopic (exact) mass is 594 g/mol. The summed E-state index contributed by atoms with van der Waals surface area (Å²) in [6, 6.07) is 8.13. The third kappa shape index (κ3) is 10.3. The summed E-state index contributed by atoms with van der Waals surface area (Å²) < 4.78 is 26.6. The molecule has 2 heterocycles. The Balaban J connectivity index is 1.27. The molecule has 1 aromatic carbocycles. The van der Waals surface area contributed by atoms with Gasteiger partial charge in [0.25, 0.3) is 0 Å². The van der Waals surface area contributed by atoms with Gasteiger partial charge in [-0.3, -0.25) is 0 Å². The molecular formula is C30H40N7O4S+. The molecule has 0 aliphatic rings. The normalized spacial score (nSPS) is 11.2. The number of imidazole rings is 1. The second kappa shape index (κ2) is 18.0. The number of aryl methyl sites for hydroxylation is 2. The number of benzene rings is 1. The van der Waals surface area contributed by atoms with E-state index in [1.165, 1.54) is 11.3 Å². The third-order valence-corrected chi connectivity index (χ3v) is 7.50. The van der Waals surface area contributed by atoms with Crippen LogP contribution in [0.5, 0.6) is 0 Å². The lowest BCUT2D eigenvalue weighted by atomic mass is 10.1. The highest BCUT2D eigenvalue weighted by molar-refractivity contribution is 7.17. The number of aromatic nitrogens is 2. The molecule has 224 valence electrons. The lowest BCUT2D eigenvalue weighted by Gasteiger charge is -2.23. The zero-order valence-corrected chi connectivity index (χ0v) is 25.7. The number of anilines is 1. The fourth-order valence-corrected chi connectivity index (χ4v) is 4.92. The summed E-state index contributed by atoms with van der Waals surface area (Å²) in [5.41, 5.74) is 3.82. The van der Waals surface area contributed by atoms with Crippen LogP contribution in [0.4, 0.5) is 22.1 Å². The number of hydrogen-bond donors (Lipinski definition) is 0. The molecule has 0 aliphatic carbocycles. The number of azo groups is 1. The molecule has 0 saturated carbocycles. The summed E-state index contributed by atoms with van der Waals surface area (Å²) >= 11 is 1.19. The van der Waals surface area contributed by atoms with Crippen molar-refractivity contribution in [3.05, 3.63) is 64.3 Å². The van der Waals surface area contributed by atoms with E-state index in [4.69, 9.17) is 25.5 Å². The van der Waals surface area contributed by atoms with Crippen molar-refractivity contribution in [1.29, 1.82) is 5.26 Å². The second-order valence-corrected chi connectivity index (χ2v) is 10.4. The van der Waals surface area contributed by atoms with Crippen molar-refractivity contribution in [2.45, 2.75) is 27.3 Å². The fraction of sp³-hybridized carbons (Fsp3) is 0.500. The first-order chi connectivity index (χ1) is 20.5. The number of hydrogen-bond acceptors (Lipinski definition) is 9. The summed E-state index contributed by atoms with van der Waals surface area (Å²) in [6.45, 7) is 20.1. The highest BCUT2D eigenvalue weighted by Crippen LogP contribution is 2.42. The highest BCUT2D eigenvalue weighted by atomic mass is 32.1. The van der Waals surface area contributed by atoms with Gasteiger partial charge in [-0.2, -0.15) is 15.5 Å². The largest absolute Gasteiger partial charge is 0.377 e. The van der Waals surface area contributed by atoms with Crippen molar-refractivity contribution in [2.75, 3.05) is 70.8 Å². The molecule has 0 radical (unpaired) electrons. The number of rotatable bonds is 19. The predicted molar refractivity (Wildman–Crippen MR) is 162 cm³/mol. The van der Waals surface area contributed by atoms with Crippen LogP contribution in [0.25, 0.3) is 4.85 Å². The van der Waals surface area contributed by atoms with Gasteiger partial charge in [0, 0.05) is 18.8 Å². The molecule has 2 aromatic heterocycles. The third-order valence-electron chi connectivity index (χ3n) is 6.43. The molecule has 0 saturated heterocycles. The van der Waals surface area contributed by atoms with Gasteiger partial charge in [0.2, 0.25) is 12.0 Å². The quantitative estimate of drug-likeness (QED) is 0.0795.